The number of carbonyl (C=O) groups is 1. The Morgan fingerprint density at radius 1 is 1.62 bits per heavy atom. The lowest BCUT2D eigenvalue weighted by Crippen LogP contribution is -2.45. The number of amides is 1. The predicted octanol–water partition coefficient (Wildman–Crippen LogP) is 1.01. The third-order valence-electron chi connectivity index (χ3n) is 3.18. The van der Waals surface area contributed by atoms with Crippen LogP contribution < -0.4 is 5.32 Å². The third kappa shape index (κ3) is 4.10. The first-order chi connectivity index (χ1) is 7.65. The van der Waals surface area contributed by atoms with Gasteiger partial charge in [-0.25, -0.2) is 0 Å². The first kappa shape index (κ1) is 13.5. The van der Waals surface area contributed by atoms with Gasteiger partial charge in [-0.1, -0.05) is 13.3 Å². The molecule has 0 aromatic rings. The van der Waals surface area contributed by atoms with Crippen molar-refractivity contribution in [2.24, 2.45) is 0 Å². The van der Waals surface area contributed by atoms with Crippen LogP contribution in [0.15, 0.2) is 0 Å². The lowest BCUT2D eigenvalue weighted by molar-refractivity contribution is -0.133. The highest BCUT2D eigenvalue weighted by atomic mass is 16.5. The Bertz CT molecular complexity index is 215. The zero-order valence-corrected chi connectivity index (χ0v) is 10.7. The van der Waals surface area contributed by atoms with Crippen molar-refractivity contribution < 1.29 is 9.53 Å². The average Bonchev–Trinajstić information content (AvgIpc) is 2.29. The van der Waals surface area contributed by atoms with Crippen LogP contribution in [0.3, 0.4) is 0 Å². The van der Waals surface area contributed by atoms with E-state index in [4.69, 9.17) is 4.74 Å². The summed E-state index contributed by atoms with van der Waals surface area (Å²) in [6.07, 6.45) is 2.73. The Hall–Kier alpha value is -0.610. The van der Waals surface area contributed by atoms with Crippen LogP contribution in [0.25, 0.3) is 0 Å². The van der Waals surface area contributed by atoms with Gasteiger partial charge in [-0.05, 0) is 13.3 Å². The Labute approximate surface area is 98.3 Å². The first-order valence-electron chi connectivity index (χ1n) is 6.22. The molecule has 0 aromatic carbocycles. The van der Waals surface area contributed by atoms with Crippen molar-refractivity contribution in [1.29, 1.82) is 0 Å². The van der Waals surface area contributed by atoms with Crippen LogP contribution in [-0.4, -0.2) is 49.7 Å². The van der Waals surface area contributed by atoms with Crippen LogP contribution >= 0.6 is 0 Å². The molecule has 0 saturated carbocycles. The predicted molar refractivity (Wildman–Crippen MR) is 64.4 cm³/mol. The maximum absolute atomic E-state index is 12.0. The Morgan fingerprint density at radius 3 is 2.94 bits per heavy atom. The summed E-state index contributed by atoms with van der Waals surface area (Å²) in [4.78, 5) is 13.8. The van der Waals surface area contributed by atoms with Gasteiger partial charge in [-0.3, -0.25) is 4.79 Å². The summed E-state index contributed by atoms with van der Waals surface area (Å²) in [5.41, 5.74) is 0. The molecule has 4 nitrogen and oxygen atoms in total. The summed E-state index contributed by atoms with van der Waals surface area (Å²) in [5.74, 6) is 0.212. The number of nitrogens with zero attached hydrogens (tertiary/aromatic N) is 1. The molecule has 16 heavy (non-hydrogen) atoms. The van der Waals surface area contributed by atoms with Crippen molar-refractivity contribution in [3.63, 3.8) is 0 Å². The number of carbonyl (C=O) groups excluding carboxylic acids is 1. The largest absolute Gasteiger partial charge is 0.378 e. The van der Waals surface area contributed by atoms with Gasteiger partial charge in [0.25, 0.3) is 0 Å². The Kier molecular flexibility index (Phi) is 5.77. The highest BCUT2D eigenvalue weighted by Gasteiger charge is 2.21. The molecular formula is C12H24N2O2. The van der Waals surface area contributed by atoms with Crippen molar-refractivity contribution in [2.45, 2.75) is 45.2 Å². The second-order valence-electron chi connectivity index (χ2n) is 4.57. The SMILES string of the molecule is CCCC(C)N(C)C(=O)CC1COCCN1. The standard InChI is InChI=1S/C12H24N2O2/c1-4-5-10(2)14(3)12(15)8-11-9-16-7-6-13-11/h10-11,13H,4-9H2,1-3H3. The van der Waals surface area contributed by atoms with Crippen molar-refractivity contribution in [3.8, 4) is 0 Å². The molecule has 1 saturated heterocycles. The minimum atomic E-state index is 0.192. The van der Waals surface area contributed by atoms with Crippen LogP contribution in [0.1, 0.15) is 33.1 Å². The van der Waals surface area contributed by atoms with Crippen molar-refractivity contribution in [2.75, 3.05) is 26.8 Å². The van der Waals surface area contributed by atoms with E-state index in [-0.39, 0.29) is 11.9 Å². The maximum Gasteiger partial charge on any atom is 0.224 e. The van der Waals surface area contributed by atoms with Gasteiger partial charge < -0.3 is 15.0 Å². The second kappa shape index (κ2) is 6.86. The summed E-state index contributed by atoms with van der Waals surface area (Å²) in [6.45, 7) is 6.51. The molecule has 4 heteroatoms. The van der Waals surface area contributed by atoms with Gasteiger partial charge in [0.05, 0.1) is 13.2 Å². The van der Waals surface area contributed by atoms with Crippen molar-refractivity contribution >= 4 is 5.91 Å². The molecule has 0 aliphatic carbocycles. The summed E-state index contributed by atoms with van der Waals surface area (Å²) >= 11 is 0. The highest BCUT2D eigenvalue weighted by molar-refractivity contribution is 5.76. The molecule has 2 unspecified atom stereocenters. The van der Waals surface area contributed by atoms with Gasteiger partial charge in [0, 0.05) is 32.1 Å². The smallest absolute Gasteiger partial charge is 0.224 e. The van der Waals surface area contributed by atoms with E-state index >= 15 is 0 Å². The molecule has 1 rings (SSSR count). The fourth-order valence-corrected chi connectivity index (χ4v) is 1.96. The van der Waals surface area contributed by atoms with Gasteiger partial charge in [-0.2, -0.15) is 0 Å². The lowest BCUT2D eigenvalue weighted by Gasteiger charge is -2.28. The number of rotatable bonds is 5. The van der Waals surface area contributed by atoms with Crippen LogP contribution in [-0.2, 0) is 9.53 Å². The summed E-state index contributed by atoms with van der Waals surface area (Å²) in [6, 6.07) is 0.527. The topological polar surface area (TPSA) is 41.6 Å². The molecule has 94 valence electrons. The van der Waals surface area contributed by atoms with Crippen LogP contribution in [0.4, 0.5) is 0 Å². The minimum absolute atomic E-state index is 0.192. The fraction of sp³-hybridized carbons (Fsp3) is 0.917. The van der Waals surface area contributed by atoms with E-state index in [0.717, 1.165) is 26.0 Å². The first-order valence-corrected chi connectivity index (χ1v) is 6.22. The molecule has 1 aliphatic heterocycles. The minimum Gasteiger partial charge on any atom is -0.378 e. The van der Waals surface area contributed by atoms with E-state index < -0.39 is 0 Å². The zero-order chi connectivity index (χ0) is 12.0. The lowest BCUT2D eigenvalue weighted by atomic mass is 10.1. The summed E-state index contributed by atoms with van der Waals surface area (Å²) in [7, 11) is 1.90. The number of hydrogen-bond acceptors (Lipinski definition) is 3. The van der Waals surface area contributed by atoms with E-state index in [9.17, 15) is 4.79 Å². The highest BCUT2D eigenvalue weighted by Crippen LogP contribution is 2.08. The van der Waals surface area contributed by atoms with Crippen LogP contribution in [0.5, 0.6) is 0 Å². The number of nitrogens with one attached hydrogen (secondary N) is 1. The Balaban J connectivity index is 2.32. The molecule has 1 N–H and O–H groups in total. The quantitative estimate of drug-likeness (QED) is 0.763. The molecule has 0 bridgehead atoms. The van der Waals surface area contributed by atoms with Crippen molar-refractivity contribution in [3.05, 3.63) is 0 Å². The van der Waals surface area contributed by atoms with E-state index in [2.05, 4.69) is 19.2 Å². The summed E-state index contributed by atoms with van der Waals surface area (Å²) < 4.78 is 5.34. The van der Waals surface area contributed by atoms with Crippen LogP contribution in [0, 0.1) is 0 Å². The molecular weight excluding hydrogens is 204 g/mol. The molecule has 1 amide bonds. The molecule has 0 aromatic heterocycles. The van der Waals surface area contributed by atoms with E-state index in [1.54, 1.807) is 0 Å². The molecule has 0 radical (unpaired) electrons. The molecule has 1 fully saturated rings. The normalized spacial score (nSPS) is 22.8. The van der Waals surface area contributed by atoms with Gasteiger partial charge in [0.1, 0.15) is 0 Å². The average molecular weight is 228 g/mol. The number of hydrogen-bond donors (Lipinski definition) is 1. The molecule has 2 atom stereocenters. The number of ether oxygens (including phenoxy) is 1. The van der Waals surface area contributed by atoms with Gasteiger partial charge in [0.15, 0.2) is 0 Å². The third-order valence-corrected chi connectivity index (χ3v) is 3.18. The number of morpholine rings is 1. The second-order valence-corrected chi connectivity index (χ2v) is 4.57. The van der Waals surface area contributed by atoms with E-state index in [1.165, 1.54) is 0 Å². The molecule has 0 spiro atoms. The van der Waals surface area contributed by atoms with Gasteiger partial charge in [0.2, 0.25) is 5.91 Å². The van der Waals surface area contributed by atoms with Gasteiger partial charge >= 0.3 is 0 Å². The fourth-order valence-electron chi connectivity index (χ4n) is 1.96. The monoisotopic (exact) mass is 228 g/mol. The van der Waals surface area contributed by atoms with E-state index in [0.29, 0.717) is 19.1 Å². The zero-order valence-electron chi connectivity index (χ0n) is 10.7. The van der Waals surface area contributed by atoms with E-state index in [1.807, 2.05) is 11.9 Å². The Morgan fingerprint density at radius 2 is 2.38 bits per heavy atom. The van der Waals surface area contributed by atoms with Crippen LogP contribution in [0.2, 0.25) is 0 Å². The summed E-state index contributed by atoms with van der Waals surface area (Å²) in [5, 5.41) is 3.30. The molecule has 1 heterocycles. The van der Waals surface area contributed by atoms with Crippen molar-refractivity contribution in [1.82, 2.24) is 10.2 Å². The van der Waals surface area contributed by atoms with Gasteiger partial charge in [-0.15, -0.1) is 0 Å². The molecule has 1 aliphatic rings. The maximum atomic E-state index is 12.0.